The van der Waals surface area contributed by atoms with Gasteiger partial charge in [0.2, 0.25) is 0 Å². The quantitative estimate of drug-likeness (QED) is 0.570. The van der Waals surface area contributed by atoms with Crippen LogP contribution >= 0.6 is 0 Å². The van der Waals surface area contributed by atoms with E-state index < -0.39 is 0 Å². The minimum Gasteiger partial charge on any atom is -0.507 e. The second-order valence-corrected chi connectivity index (χ2v) is 6.64. The summed E-state index contributed by atoms with van der Waals surface area (Å²) in [6.07, 6.45) is 4.89. The van der Waals surface area contributed by atoms with Crippen LogP contribution in [0.3, 0.4) is 0 Å². The van der Waals surface area contributed by atoms with Gasteiger partial charge in [0.15, 0.2) is 0 Å². The molecule has 0 unspecified atom stereocenters. The summed E-state index contributed by atoms with van der Waals surface area (Å²) in [6, 6.07) is 25.1. The van der Waals surface area contributed by atoms with E-state index in [4.69, 9.17) is 0 Å². The summed E-state index contributed by atoms with van der Waals surface area (Å²) in [5, 5.41) is 11.0. The molecule has 3 rings (SSSR count). The van der Waals surface area contributed by atoms with Crippen molar-refractivity contribution in [2.45, 2.75) is 39.0 Å². The van der Waals surface area contributed by atoms with Crippen molar-refractivity contribution in [2.75, 3.05) is 0 Å². The van der Waals surface area contributed by atoms with E-state index >= 15 is 0 Å². The number of aromatic hydroxyl groups is 1. The van der Waals surface area contributed by atoms with E-state index in [0.717, 1.165) is 43.2 Å². The van der Waals surface area contributed by atoms with Crippen LogP contribution in [0.15, 0.2) is 72.8 Å². The number of hydrogen-bond donors (Lipinski definition) is 1. The maximum absolute atomic E-state index is 11.0. The molecule has 0 aromatic heterocycles. The van der Waals surface area contributed by atoms with Crippen LogP contribution < -0.4 is 0 Å². The largest absolute Gasteiger partial charge is 0.507 e. The molecule has 0 saturated carbocycles. The van der Waals surface area contributed by atoms with Crippen molar-refractivity contribution in [1.29, 1.82) is 0 Å². The monoisotopic (exact) mass is 330 g/mol. The summed E-state index contributed by atoms with van der Waals surface area (Å²) in [7, 11) is 0. The van der Waals surface area contributed by atoms with Gasteiger partial charge in [0, 0.05) is 18.4 Å². The van der Waals surface area contributed by atoms with Gasteiger partial charge in [-0.1, -0.05) is 86.1 Å². The van der Waals surface area contributed by atoms with E-state index in [9.17, 15) is 5.11 Å². The van der Waals surface area contributed by atoms with Crippen molar-refractivity contribution >= 4 is 0 Å². The first-order valence-electron chi connectivity index (χ1n) is 9.18. The molecule has 128 valence electrons. The molecule has 0 aliphatic carbocycles. The molecule has 0 heterocycles. The third-order valence-corrected chi connectivity index (χ3v) is 4.72. The fourth-order valence-corrected chi connectivity index (χ4v) is 3.28. The zero-order chi connectivity index (χ0) is 17.5. The second kappa shape index (κ2) is 8.53. The molecule has 0 bridgehead atoms. The molecular weight excluding hydrogens is 304 g/mol. The van der Waals surface area contributed by atoms with Crippen LogP contribution in [-0.4, -0.2) is 5.11 Å². The number of phenolic OH excluding ortho intramolecular Hbond substituents is 1. The zero-order valence-electron chi connectivity index (χ0n) is 14.9. The average Bonchev–Trinajstić information content (AvgIpc) is 2.66. The van der Waals surface area contributed by atoms with E-state index in [1.165, 1.54) is 16.7 Å². The minimum absolute atomic E-state index is 0.473. The first-order valence-corrected chi connectivity index (χ1v) is 9.18. The fourth-order valence-electron chi connectivity index (χ4n) is 3.28. The topological polar surface area (TPSA) is 20.2 Å². The molecule has 3 aromatic carbocycles. The summed E-state index contributed by atoms with van der Waals surface area (Å²) in [5.74, 6) is 0.473. The van der Waals surface area contributed by atoms with Crippen molar-refractivity contribution in [3.63, 3.8) is 0 Å². The lowest BCUT2D eigenvalue weighted by molar-refractivity contribution is 0.462. The van der Waals surface area contributed by atoms with Crippen LogP contribution in [0, 0.1) is 0 Å². The van der Waals surface area contributed by atoms with Gasteiger partial charge in [0.1, 0.15) is 5.75 Å². The lowest BCUT2D eigenvalue weighted by atomic mass is 9.91. The molecule has 3 aromatic rings. The Morgan fingerprint density at radius 3 is 1.84 bits per heavy atom. The van der Waals surface area contributed by atoms with Crippen molar-refractivity contribution in [2.24, 2.45) is 0 Å². The van der Waals surface area contributed by atoms with Crippen LogP contribution in [0.2, 0.25) is 0 Å². The highest BCUT2D eigenvalue weighted by Gasteiger charge is 2.13. The molecule has 1 N–H and O–H groups in total. The Hall–Kier alpha value is -2.54. The Balaban J connectivity index is 1.94. The number of benzene rings is 3. The van der Waals surface area contributed by atoms with Crippen molar-refractivity contribution in [1.82, 2.24) is 0 Å². The van der Waals surface area contributed by atoms with Gasteiger partial charge in [-0.2, -0.15) is 0 Å². The van der Waals surface area contributed by atoms with Crippen LogP contribution in [0.5, 0.6) is 5.75 Å². The van der Waals surface area contributed by atoms with Crippen molar-refractivity contribution < 1.29 is 5.11 Å². The second-order valence-electron chi connectivity index (χ2n) is 6.64. The standard InChI is InChI=1S/C24H26O/c1-2-3-14-21-15-16-22(17-19-10-6-4-7-11-19)24(25)23(21)18-20-12-8-5-9-13-20/h4-13,15-16,25H,2-3,14,17-18H2,1H3. The Bertz CT molecular complexity index is 791. The third-order valence-electron chi connectivity index (χ3n) is 4.72. The molecule has 0 spiro atoms. The van der Waals surface area contributed by atoms with Gasteiger partial charge in [-0.15, -0.1) is 0 Å². The Morgan fingerprint density at radius 2 is 1.24 bits per heavy atom. The number of phenols is 1. The van der Waals surface area contributed by atoms with Crippen LogP contribution in [-0.2, 0) is 19.3 Å². The third kappa shape index (κ3) is 4.51. The molecule has 1 nitrogen and oxygen atoms in total. The minimum atomic E-state index is 0.473. The Morgan fingerprint density at radius 1 is 0.680 bits per heavy atom. The molecule has 1 heteroatoms. The molecule has 0 saturated heterocycles. The van der Waals surface area contributed by atoms with Gasteiger partial charge in [-0.25, -0.2) is 0 Å². The number of unbranched alkanes of at least 4 members (excludes halogenated alkanes) is 1. The molecule has 0 fully saturated rings. The zero-order valence-corrected chi connectivity index (χ0v) is 14.9. The lowest BCUT2D eigenvalue weighted by Crippen LogP contribution is -2.00. The predicted molar refractivity (Wildman–Crippen MR) is 105 cm³/mol. The molecule has 0 aliphatic rings. The highest BCUT2D eigenvalue weighted by atomic mass is 16.3. The van der Waals surface area contributed by atoms with Gasteiger partial charge in [0.25, 0.3) is 0 Å². The molecule has 0 amide bonds. The Labute approximate surface area is 151 Å². The number of hydrogen-bond acceptors (Lipinski definition) is 1. The maximum Gasteiger partial charge on any atom is 0.122 e. The summed E-state index contributed by atoms with van der Waals surface area (Å²) in [4.78, 5) is 0. The number of aryl methyl sites for hydroxylation is 1. The maximum atomic E-state index is 11.0. The summed E-state index contributed by atoms with van der Waals surface area (Å²) in [6.45, 7) is 2.21. The first kappa shape index (κ1) is 17.3. The van der Waals surface area contributed by atoms with Gasteiger partial charge in [0.05, 0.1) is 0 Å². The lowest BCUT2D eigenvalue weighted by Gasteiger charge is -2.15. The van der Waals surface area contributed by atoms with Crippen LogP contribution in [0.25, 0.3) is 0 Å². The van der Waals surface area contributed by atoms with E-state index in [1.54, 1.807) is 0 Å². The van der Waals surface area contributed by atoms with Crippen LogP contribution in [0.1, 0.15) is 47.6 Å². The molecule has 0 aliphatic heterocycles. The van der Waals surface area contributed by atoms with E-state index in [2.05, 4.69) is 55.5 Å². The molecule has 0 radical (unpaired) electrons. The van der Waals surface area contributed by atoms with Crippen molar-refractivity contribution in [3.8, 4) is 5.75 Å². The van der Waals surface area contributed by atoms with E-state index in [0.29, 0.717) is 5.75 Å². The van der Waals surface area contributed by atoms with Crippen molar-refractivity contribution in [3.05, 3.63) is 101 Å². The normalized spacial score (nSPS) is 10.8. The predicted octanol–water partition coefficient (Wildman–Crippen LogP) is 5.92. The molecule has 25 heavy (non-hydrogen) atoms. The molecule has 0 atom stereocenters. The smallest absolute Gasteiger partial charge is 0.122 e. The SMILES string of the molecule is CCCCc1ccc(Cc2ccccc2)c(O)c1Cc1ccccc1. The summed E-state index contributed by atoms with van der Waals surface area (Å²) in [5.41, 5.74) is 5.85. The van der Waals surface area contributed by atoms with E-state index in [1.807, 2.05) is 24.3 Å². The van der Waals surface area contributed by atoms with Gasteiger partial charge in [-0.05, 0) is 35.1 Å². The van der Waals surface area contributed by atoms with Gasteiger partial charge >= 0.3 is 0 Å². The highest BCUT2D eigenvalue weighted by molar-refractivity contribution is 5.49. The van der Waals surface area contributed by atoms with E-state index in [-0.39, 0.29) is 0 Å². The summed E-state index contributed by atoms with van der Waals surface area (Å²) < 4.78 is 0. The fraction of sp³-hybridized carbons (Fsp3) is 0.250. The van der Waals surface area contributed by atoms with Gasteiger partial charge in [-0.3, -0.25) is 0 Å². The molecular formula is C24H26O. The van der Waals surface area contributed by atoms with Gasteiger partial charge < -0.3 is 5.11 Å². The average molecular weight is 330 g/mol. The Kier molecular flexibility index (Phi) is 5.90. The first-order chi connectivity index (χ1) is 12.3. The highest BCUT2D eigenvalue weighted by Crippen LogP contribution is 2.31. The summed E-state index contributed by atoms with van der Waals surface area (Å²) >= 11 is 0. The van der Waals surface area contributed by atoms with Crippen LogP contribution in [0.4, 0.5) is 0 Å². The number of rotatable bonds is 7.